The Morgan fingerprint density at radius 3 is 2.40 bits per heavy atom. The zero-order chi connectivity index (χ0) is 21.2. The topological polar surface area (TPSA) is 58.2 Å². The second-order valence-corrected chi connectivity index (χ2v) is 8.05. The highest BCUT2D eigenvalue weighted by Crippen LogP contribution is 2.17. The minimum absolute atomic E-state index is 0.114. The van der Waals surface area contributed by atoms with E-state index in [1.807, 2.05) is 42.5 Å². The fourth-order valence-corrected chi connectivity index (χ4v) is 3.88. The van der Waals surface area contributed by atoms with E-state index in [0.29, 0.717) is 23.5 Å². The molecule has 0 atom stereocenters. The van der Waals surface area contributed by atoms with Gasteiger partial charge in [-0.1, -0.05) is 72.3 Å². The highest BCUT2D eigenvalue weighted by atomic mass is 32.2. The van der Waals surface area contributed by atoms with Crippen molar-refractivity contribution in [2.75, 3.05) is 17.6 Å². The van der Waals surface area contributed by atoms with E-state index in [1.54, 1.807) is 30.0 Å². The fraction of sp³-hybridized carbons (Fsp3) is 0.200. The lowest BCUT2D eigenvalue weighted by Crippen LogP contribution is -2.27. The van der Waals surface area contributed by atoms with Crippen molar-refractivity contribution in [3.8, 4) is 0 Å². The Morgan fingerprint density at radius 1 is 0.867 bits per heavy atom. The van der Waals surface area contributed by atoms with Gasteiger partial charge in [-0.15, -0.1) is 11.8 Å². The number of thioether (sulfide) groups is 1. The van der Waals surface area contributed by atoms with Gasteiger partial charge in [0.05, 0.1) is 17.0 Å². The first kappa shape index (κ1) is 21.7. The first-order chi connectivity index (χ1) is 14.6. The molecule has 0 fully saturated rings. The third-order valence-corrected chi connectivity index (χ3v) is 5.58. The number of aryl methyl sites for hydroxylation is 1. The summed E-state index contributed by atoms with van der Waals surface area (Å²) in [6, 6.07) is 25.4. The van der Waals surface area contributed by atoms with Crippen LogP contribution < -0.4 is 10.6 Å². The number of hydrogen-bond donors (Lipinski definition) is 2. The normalized spacial score (nSPS) is 10.4. The van der Waals surface area contributed by atoms with Crippen LogP contribution in [-0.2, 0) is 17.0 Å². The van der Waals surface area contributed by atoms with Crippen LogP contribution in [-0.4, -0.2) is 24.1 Å². The maximum Gasteiger partial charge on any atom is 0.253 e. The molecule has 0 aromatic heterocycles. The van der Waals surface area contributed by atoms with E-state index in [0.717, 1.165) is 12.2 Å². The van der Waals surface area contributed by atoms with Crippen molar-refractivity contribution in [1.82, 2.24) is 5.32 Å². The van der Waals surface area contributed by atoms with Gasteiger partial charge in [0.2, 0.25) is 5.91 Å². The third kappa shape index (κ3) is 6.78. The molecule has 3 rings (SSSR count). The maximum atomic E-state index is 12.6. The first-order valence-electron chi connectivity index (χ1n) is 9.96. The van der Waals surface area contributed by atoms with Crippen molar-refractivity contribution in [3.05, 3.63) is 101 Å². The molecule has 0 aliphatic carbocycles. The van der Waals surface area contributed by atoms with E-state index in [1.165, 1.54) is 16.7 Å². The molecule has 3 aromatic rings. The largest absolute Gasteiger partial charge is 0.352 e. The highest BCUT2D eigenvalue weighted by molar-refractivity contribution is 7.99. The molecule has 5 heteroatoms. The molecule has 0 aliphatic rings. The summed E-state index contributed by atoms with van der Waals surface area (Å²) in [4.78, 5) is 25.0. The number of nitrogens with one attached hydrogen (secondary N) is 2. The van der Waals surface area contributed by atoms with Crippen LogP contribution >= 0.6 is 11.8 Å². The summed E-state index contributed by atoms with van der Waals surface area (Å²) in [7, 11) is 0. The Bertz CT molecular complexity index is 989. The lowest BCUT2D eigenvalue weighted by molar-refractivity contribution is -0.113. The van der Waals surface area contributed by atoms with Crippen molar-refractivity contribution >= 4 is 29.3 Å². The Hall–Kier alpha value is -3.05. The van der Waals surface area contributed by atoms with Crippen molar-refractivity contribution in [3.63, 3.8) is 0 Å². The molecule has 0 heterocycles. The van der Waals surface area contributed by atoms with Gasteiger partial charge >= 0.3 is 0 Å². The molecule has 0 spiro atoms. The Morgan fingerprint density at radius 2 is 1.60 bits per heavy atom. The molecule has 4 nitrogen and oxygen atoms in total. The Kier molecular flexibility index (Phi) is 8.10. The molecule has 154 valence electrons. The summed E-state index contributed by atoms with van der Waals surface area (Å²) in [5.74, 6) is 0.806. The molecule has 2 amide bonds. The van der Waals surface area contributed by atoms with Gasteiger partial charge in [0.1, 0.15) is 0 Å². The van der Waals surface area contributed by atoms with E-state index in [4.69, 9.17) is 0 Å². The summed E-state index contributed by atoms with van der Waals surface area (Å²) < 4.78 is 0. The van der Waals surface area contributed by atoms with Crippen molar-refractivity contribution in [1.29, 1.82) is 0 Å². The minimum atomic E-state index is -0.186. The van der Waals surface area contributed by atoms with Gasteiger partial charge in [0, 0.05) is 12.3 Å². The SMILES string of the molecule is Cc1cccc(CSCC(=O)Nc2ccccc2C(=O)NCCc2ccccc2)c1. The van der Waals surface area contributed by atoms with Gasteiger partial charge in [0.25, 0.3) is 5.91 Å². The van der Waals surface area contributed by atoms with E-state index in [9.17, 15) is 9.59 Å². The average molecular weight is 419 g/mol. The van der Waals surface area contributed by atoms with E-state index < -0.39 is 0 Å². The molecule has 0 saturated heterocycles. The van der Waals surface area contributed by atoms with Crippen LogP contribution in [0.15, 0.2) is 78.9 Å². The zero-order valence-electron chi connectivity index (χ0n) is 17.1. The highest BCUT2D eigenvalue weighted by Gasteiger charge is 2.13. The summed E-state index contributed by atoms with van der Waals surface area (Å²) in [6.07, 6.45) is 0.761. The number of hydrogen-bond acceptors (Lipinski definition) is 3. The summed E-state index contributed by atoms with van der Waals surface area (Å²) in [6.45, 7) is 2.60. The summed E-state index contributed by atoms with van der Waals surface area (Å²) in [5, 5.41) is 5.81. The standard InChI is InChI=1S/C25H26N2O2S/c1-19-8-7-11-21(16-19)17-30-18-24(28)27-23-13-6-5-12-22(23)25(29)26-15-14-20-9-3-2-4-10-20/h2-13,16H,14-15,17-18H2,1H3,(H,26,29)(H,27,28). The fourth-order valence-electron chi connectivity index (χ4n) is 3.10. The predicted molar refractivity (Wildman–Crippen MR) is 125 cm³/mol. The maximum absolute atomic E-state index is 12.6. The Balaban J connectivity index is 1.49. The van der Waals surface area contributed by atoms with Gasteiger partial charge in [-0.3, -0.25) is 9.59 Å². The van der Waals surface area contributed by atoms with E-state index in [-0.39, 0.29) is 11.8 Å². The van der Waals surface area contributed by atoms with E-state index in [2.05, 4.69) is 35.8 Å². The van der Waals surface area contributed by atoms with Gasteiger partial charge in [-0.25, -0.2) is 0 Å². The van der Waals surface area contributed by atoms with Gasteiger partial charge < -0.3 is 10.6 Å². The molecule has 3 aromatic carbocycles. The van der Waals surface area contributed by atoms with Crippen LogP contribution in [0.25, 0.3) is 0 Å². The average Bonchev–Trinajstić information content (AvgIpc) is 2.75. The van der Waals surface area contributed by atoms with Crippen LogP contribution in [0.4, 0.5) is 5.69 Å². The number of carbonyl (C=O) groups is 2. The van der Waals surface area contributed by atoms with Crippen molar-refractivity contribution < 1.29 is 9.59 Å². The minimum Gasteiger partial charge on any atom is -0.352 e. The molecule has 0 radical (unpaired) electrons. The number of amides is 2. The zero-order valence-corrected chi connectivity index (χ0v) is 17.9. The lowest BCUT2D eigenvalue weighted by atomic mass is 10.1. The molecule has 0 saturated carbocycles. The number of carbonyl (C=O) groups excluding carboxylic acids is 2. The molecule has 30 heavy (non-hydrogen) atoms. The van der Waals surface area contributed by atoms with Crippen LogP contribution in [0.2, 0.25) is 0 Å². The van der Waals surface area contributed by atoms with Crippen LogP contribution in [0.3, 0.4) is 0 Å². The number of rotatable bonds is 9. The van der Waals surface area contributed by atoms with Crippen molar-refractivity contribution in [2.24, 2.45) is 0 Å². The first-order valence-corrected chi connectivity index (χ1v) is 11.1. The van der Waals surface area contributed by atoms with E-state index >= 15 is 0 Å². The second-order valence-electron chi connectivity index (χ2n) is 7.07. The molecule has 0 unspecified atom stereocenters. The van der Waals surface area contributed by atoms with Crippen LogP contribution in [0.5, 0.6) is 0 Å². The second kappa shape index (κ2) is 11.2. The lowest BCUT2D eigenvalue weighted by Gasteiger charge is -2.11. The van der Waals surface area contributed by atoms with Gasteiger partial charge in [-0.2, -0.15) is 0 Å². The monoisotopic (exact) mass is 418 g/mol. The number of benzene rings is 3. The van der Waals surface area contributed by atoms with Crippen LogP contribution in [0.1, 0.15) is 27.0 Å². The predicted octanol–water partition coefficient (Wildman–Crippen LogP) is 4.84. The third-order valence-electron chi connectivity index (χ3n) is 4.57. The number of anilines is 1. The summed E-state index contributed by atoms with van der Waals surface area (Å²) >= 11 is 1.56. The van der Waals surface area contributed by atoms with Gasteiger partial charge in [0.15, 0.2) is 0 Å². The Labute approximate surface area is 182 Å². The quantitative estimate of drug-likeness (QED) is 0.523. The summed E-state index contributed by atoms with van der Waals surface area (Å²) in [5.41, 5.74) is 4.60. The molecular weight excluding hydrogens is 392 g/mol. The molecule has 2 N–H and O–H groups in total. The smallest absolute Gasteiger partial charge is 0.253 e. The molecule has 0 aliphatic heterocycles. The molecular formula is C25H26N2O2S. The van der Waals surface area contributed by atoms with Crippen LogP contribution in [0, 0.1) is 6.92 Å². The van der Waals surface area contributed by atoms with Crippen molar-refractivity contribution in [2.45, 2.75) is 19.1 Å². The van der Waals surface area contributed by atoms with Gasteiger partial charge in [-0.05, 0) is 36.6 Å². The molecule has 0 bridgehead atoms. The number of para-hydroxylation sites is 1.